The second kappa shape index (κ2) is 5.58. The normalized spacial score (nSPS) is 36.8. The van der Waals surface area contributed by atoms with Gasteiger partial charge in [-0.15, -0.1) is 0 Å². The van der Waals surface area contributed by atoms with Crippen molar-refractivity contribution in [2.24, 2.45) is 23.7 Å². The van der Waals surface area contributed by atoms with Crippen LogP contribution in [0.15, 0.2) is 12.2 Å². The molecule has 0 unspecified atom stereocenters. The third kappa shape index (κ3) is 2.48. The first-order valence-electron chi connectivity index (χ1n) is 7.88. The Balaban J connectivity index is 1.66. The molecule has 0 spiro atoms. The number of amides is 1. The average Bonchev–Trinajstić information content (AvgIpc) is 2.93. The summed E-state index contributed by atoms with van der Waals surface area (Å²) in [6, 6.07) is 0.252. The summed E-state index contributed by atoms with van der Waals surface area (Å²) in [6.07, 6.45) is 11.8. The molecule has 0 heterocycles. The van der Waals surface area contributed by atoms with E-state index in [0.29, 0.717) is 0 Å². The molecule has 2 bridgehead atoms. The molecular weight excluding hydrogens is 254 g/mol. The maximum absolute atomic E-state index is 12.5. The number of carboxylic acids is 1. The van der Waals surface area contributed by atoms with Crippen LogP contribution in [0.4, 0.5) is 0 Å². The highest BCUT2D eigenvalue weighted by Gasteiger charge is 2.51. The van der Waals surface area contributed by atoms with Crippen molar-refractivity contribution in [2.45, 2.75) is 51.0 Å². The van der Waals surface area contributed by atoms with Crippen molar-refractivity contribution in [3.63, 3.8) is 0 Å². The number of hydrogen-bond donors (Lipinski definition) is 2. The third-order valence-corrected chi connectivity index (χ3v) is 5.25. The Kier molecular flexibility index (Phi) is 3.81. The third-order valence-electron chi connectivity index (χ3n) is 5.25. The summed E-state index contributed by atoms with van der Waals surface area (Å²) in [5, 5.41) is 12.5. The largest absolute Gasteiger partial charge is 0.481 e. The lowest BCUT2D eigenvalue weighted by atomic mass is 9.82. The predicted octanol–water partition coefficient (Wildman–Crippen LogP) is 2.35. The van der Waals surface area contributed by atoms with E-state index in [1.807, 2.05) is 12.2 Å². The van der Waals surface area contributed by atoms with Gasteiger partial charge in [0.25, 0.3) is 0 Å². The Labute approximate surface area is 119 Å². The monoisotopic (exact) mass is 277 g/mol. The van der Waals surface area contributed by atoms with Gasteiger partial charge in [0.2, 0.25) is 5.91 Å². The van der Waals surface area contributed by atoms with Gasteiger partial charge in [-0.25, -0.2) is 0 Å². The minimum Gasteiger partial charge on any atom is -0.481 e. The van der Waals surface area contributed by atoms with Gasteiger partial charge < -0.3 is 10.4 Å². The van der Waals surface area contributed by atoms with Crippen LogP contribution in [0.5, 0.6) is 0 Å². The van der Waals surface area contributed by atoms with Crippen LogP contribution in [-0.2, 0) is 9.59 Å². The van der Waals surface area contributed by atoms with Crippen molar-refractivity contribution < 1.29 is 14.7 Å². The van der Waals surface area contributed by atoms with Gasteiger partial charge in [0.05, 0.1) is 11.8 Å². The van der Waals surface area contributed by atoms with E-state index in [1.165, 1.54) is 25.7 Å². The van der Waals surface area contributed by atoms with Crippen LogP contribution in [0.2, 0.25) is 0 Å². The maximum atomic E-state index is 12.5. The Morgan fingerprint density at radius 1 is 0.950 bits per heavy atom. The first kappa shape index (κ1) is 13.7. The van der Waals surface area contributed by atoms with E-state index >= 15 is 0 Å². The molecule has 20 heavy (non-hydrogen) atoms. The molecule has 0 saturated heterocycles. The Morgan fingerprint density at radius 3 is 2.15 bits per heavy atom. The molecule has 0 aromatic heterocycles. The van der Waals surface area contributed by atoms with Gasteiger partial charge in [0.15, 0.2) is 0 Å². The molecule has 3 aliphatic rings. The fraction of sp³-hybridized carbons (Fsp3) is 0.750. The summed E-state index contributed by atoms with van der Waals surface area (Å²) in [6.45, 7) is 0. The van der Waals surface area contributed by atoms with E-state index in [4.69, 9.17) is 0 Å². The summed E-state index contributed by atoms with van der Waals surface area (Å²) in [5.74, 6) is -1.53. The molecule has 4 heteroatoms. The number of hydrogen-bond acceptors (Lipinski definition) is 2. The fourth-order valence-electron chi connectivity index (χ4n) is 4.24. The van der Waals surface area contributed by atoms with Gasteiger partial charge in [0.1, 0.15) is 0 Å². The summed E-state index contributed by atoms with van der Waals surface area (Å²) in [4.78, 5) is 24.0. The molecule has 1 amide bonds. The molecule has 2 saturated carbocycles. The van der Waals surface area contributed by atoms with Gasteiger partial charge in [-0.05, 0) is 31.1 Å². The van der Waals surface area contributed by atoms with E-state index in [2.05, 4.69) is 5.32 Å². The maximum Gasteiger partial charge on any atom is 0.307 e. The number of rotatable bonds is 3. The number of carboxylic acid groups (broad SMARTS) is 1. The molecular formula is C16H23NO3. The molecule has 0 radical (unpaired) electrons. The van der Waals surface area contributed by atoms with Gasteiger partial charge in [-0.3, -0.25) is 9.59 Å². The first-order chi connectivity index (χ1) is 9.66. The number of nitrogens with one attached hydrogen (secondary N) is 1. The molecule has 2 N–H and O–H groups in total. The fourth-order valence-corrected chi connectivity index (χ4v) is 4.24. The second-order valence-corrected chi connectivity index (χ2v) is 6.54. The Morgan fingerprint density at radius 2 is 1.55 bits per heavy atom. The number of aliphatic carboxylic acids is 1. The van der Waals surface area contributed by atoms with Crippen LogP contribution in [-0.4, -0.2) is 23.0 Å². The van der Waals surface area contributed by atoms with Crippen molar-refractivity contribution in [3.05, 3.63) is 12.2 Å². The highest BCUT2D eigenvalue weighted by Crippen LogP contribution is 2.48. The lowest BCUT2D eigenvalue weighted by Gasteiger charge is -2.26. The van der Waals surface area contributed by atoms with Crippen LogP contribution < -0.4 is 5.32 Å². The van der Waals surface area contributed by atoms with Crippen LogP contribution in [0.3, 0.4) is 0 Å². The quantitative estimate of drug-likeness (QED) is 0.614. The van der Waals surface area contributed by atoms with Crippen LogP contribution in [0.1, 0.15) is 44.9 Å². The second-order valence-electron chi connectivity index (χ2n) is 6.54. The number of carbonyl (C=O) groups excluding carboxylic acids is 1. The average molecular weight is 277 g/mol. The minimum absolute atomic E-state index is 0.0267. The summed E-state index contributed by atoms with van der Waals surface area (Å²) in [5.41, 5.74) is 0. The van der Waals surface area contributed by atoms with Crippen LogP contribution in [0, 0.1) is 23.7 Å². The Bertz CT molecular complexity index is 423. The predicted molar refractivity (Wildman–Crippen MR) is 75.0 cm³/mol. The molecule has 3 rings (SSSR count). The highest BCUT2D eigenvalue weighted by atomic mass is 16.4. The van der Waals surface area contributed by atoms with Gasteiger partial charge in [-0.2, -0.15) is 0 Å². The summed E-state index contributed by atoms with van der Waals surface area (Å²) in [7, 11) is 0. The standard InChI is InChI=1S/C16H23NO3/c18-15(17-12-5-3-1-2-4-6-12)13-10-7-8-11(9-10)14(13)16(19)20/h7-8,10-14H,1-6,9H2,(H,17,18)(H,19,20)/t10-,11-,13-,14-/m0/s1. The minimum atomic E-state index is -0.817. The topological polar surface area (TPSA) is 66.4 Å². The number of allylic oxidation sites excluding steroid dienone is 2. The van der Waals surface area contributed by atoms with Crippen molar-refractivity contribution in [2.75, 3.05) is 0 Å². The van der Waals surface area contributed by atoms with E-state index in [9.17, 15) is 14.7 Å². The van der Waals surface area contributed by atoms with E-state index in [0.717, 1.165) is 19.3 Å². The summed E-state index contributed by atoms with van der Waals surface area (Å²) < 4.78 is 0. The van der Waals surface area contributed by atoms with Crippen molar-refractivity contribution in [3.8, 4) is 0 Å². The molecule has 2 fully saturated rings. The van der Waals surface area contributed by atoms with Gasteiger partial charge in [0, 0.05) is 6.04 Å². The lowest BCUT2D eigenvalue weighted by Crippen LogP contribution is -2.44. The molecule has 110 valence electrons. The van der Waals surface area contributed by atoms with Gasteiger partial charge in [-0.1, -0.05) is 37.8 Å². The first-order valence-corrected chi connectivity index (χ1v) is 7.88. The molecule has 3 aliphatic carbocycles. The van der Waals surface area contributed by atoms with E-state index in [-0.39, 0.29) is 29.7 Å². The van der Waals surface area contributed by atoms with E-state index < -0.39 is 11.9 Å². The zero-order valence-corrected chi connectivity index (χ0v) is 11.8. The molecule has 0 aromatic rings. The molecule has 4 atom stereocenters. The number of fused-ring (bicyclic) bond motifs is 2. The lowest BCUT2D eigenvalue weighted by molar-refractivity contribution is -0.148. The van der Waals surface area contributed by atoms with Crippen molar-refractivity contribution in [1.29, 1.82) is 0 Å². The van der Waals surface area contributed by atoms with Crippen LogP contribution in [0.25, 0.3) is 0 Å². The molecule has 0 aliphatic heterocycles. The van der Waals surface area contributed by atoms with Crippen molar-refractivity contribution in [1.82, 2.24) is 5.32 Å². The van der Waals surface area contributed by atoms with Crippen LogP contribution >= 0.6 is 0 Å². The Hall–Kier alpha value is -1.32. The summed E-state index contributed by atoms with van der Waals surface area (Å²) >= 11 is 0. The van der Waals surface area contributed by atoms with Crippen molar-refractivity contribution >= 4 is 11.9 Å². The SMILES string of the molecule is O=C(O)[C@@H]1[C@@H](C(=O)NC2CCCCCC2)[C@H]2C=C[C@H]1C2. The van der Waals surface area contributed by atoms with Gasteiger partial charge >= 0.3 is 5.97 Å². The smallest absolute Gasteiger partial charge is 0.307 e. The number of carbonyl (C=O) groups is 2. The molecule has 4 nitrogen and oxygen atoms in total. The zero-order valence-electron chi connectivity index (χ0n) is 11.8. The highest BCUT2D eigenvalue weighted by molar-refractivity contribution is 5.87. The zero-order chi connectivity index (χ0) is 14.1. The molecule has 0 aromatic carbocycles. The van der Waals surface area contributed by atoms with E-state index in [1.54, 1.807) is 0 Å².